The number of nitrogens with zero attached hydrogens (tertiary/aromatic N) is 4. The second kappa shape index (κ2) is 11.8. The van der Waals surface area contributed by atoms with E-state index in [9.17, 15) is 26.3 Å². The number of halogens is 1. The first-order valence-corrected chi connectivity index (χ1v) is 17.1. The summed E-state index contributed by atoms with van der Waals surface area (Å²) in [5.41, 5.74) is 0.718. The second-order valence-corrected chi connectivity index (χ2v) is 15.4. The van der Waals surface area contributed by atoms with Crippen molar-refractivity contribution < 1.29 is 26.3 Å². The van der Waals surface area contributed by atoms with Gasteiger partial charge in [0.05, 0.1) is 15.7 Å². The lowest BCUT2D eigenvalue weighted by molar-refractivity contribution is -0.0283. The van der Waals surface area contributed by atoms with Gasteiger partial charge >= 0.3 is 0 Å². The summed E-state index contributed by atoms with van der Waals surface area (Å²) >= 11 is 0. The van der Waals surface area contributed by atoms with Crippen molar-refractivity contribution in [1.82, 2.24) is 19.2 Å². The van der Waals surface area contributed by atoms with Crippen LogP contribution in [-0.2, 0) is 19.9 Å². The number of hydrogen-bond acceptors (Lipinski definition) is 10. The number of aryl methyl sites for hydroxylation is 1. The topological polar surface area (TPSA) is 145 Å². The van der Waals surface area contributed by atoms with Gasteiger partial charge in [0.2, 0.25) is 16.0 Å². The molecule has 2 aliphatic rings. The van der Waals surface area contributed by atoms with Gasteiger partial charge in [0.1, 0.15) is 11.6 Å². The average molecular weight is 619 g/mol. The van der Waals surface area contributed by atoms with Crippen LogP contribution in [0.1, 0.15) is 24.8 Å². The van der Waals surface area contributed by atoms with Gasteiger partial charge in [0.15, 0.2) is 9.84 Å². The normalized spacial score (nSPS) is 20.0. The fraction of sp³-hybridized carbons (Fsp3) is 0.429. The molecule has 2 fully saturated rings. The first-order valence-electron chi connectivity index (χ1n) is 13.7. The van der Waals surface area contributed by atoms with Crippen LogP contribution in [0.2, 0.25) is 0 Å². The fourth-order valence-electron chi connectivity index (χ4n) is 5.35. The molecule has 1 atom stereocenters. The maximum Gasteiger partial charge on any atom is 0.243 e. The molecule has 0 spiro atoms. The number of sulfonamides is 1. The van der Waals surface area contributed by atoms with Crippen molar-refractivity contribution in [3.63, 3.8) is 0 Å². The smallest absolute Gasteiger partial charge is 0.243 e. The third-order valence-electron chi connectivity index (χ3n) is 7.84. The van der Waals surface area contributed by atoms with E-state index in [1.165, 1.54) is 28.8 Å². The van der Waals surface area contributed by atoms with Crippen molar-refractivity contribution in [2.24, 2.45) is 0 Å². The van der Waals surface area contributed by atoms with Crippen LogP contribution < -0.4 is 10.6 Å². The van der Waals surface area contributed by atoms with Crippen LogP contribution in [0.25, 0.3) is 0 Å². The van der Waals surface area contributed by atoms with Crippen LogP contribution in [0.5, 0.6) is 0 Å². The van der Waals surface area contributed by atoms with E-state index in [4.69, 9.17) is 0 Å². The molecule has 2 aromatic carbocycles. The second-order valence-electron chi connectivity index (χ2n) is 11.1. The maximum absolute atomic E-state index is 13.6. The first kappa shape index (κ1) is 30.3. The largest absolute Gasteiger partial charge is 0.388 e. The van der Waals surface area contributed by atoms with Gasteiger partial charge in [-0.2, -0.15) is 9.29 Å². The highest BCUT2D eigenvalue weighted by atomic mass is 32.2. The van der Waals surface area contributed by atoms with Gasteiger partial charge in [-0.3, -0.25) is 4.90 Å². The number of hydrogen-bond donors (Lipinski definition) is 3. The Hall–Kier alpha value is -3.17. The van der Waals surface area contributed by atoms with Crippen molar-refractivity contribution in [1.29, 1.82) is 0 Å². The highest BCUT2D eigenvalue weighted by Gasteiger charge is 2.40. The van der Waals surface area contributed by atoms with Crippen molar-refractivity contribution in [3.05, 3.63) is 66.1 Å². The SMILES string of the molecule is Cc1cc(Nc2ccnc(Nc3ccc(S(=O)(=O)N4CCC(O)(CN5CCC(S(C)(=O)=O)C5)CC4)cc3)n2)ccc1F. The molecule has 3 heterocycles. The quantitative estimate of drug-likeness (QED) is 0.327. The molecule has 0 aliphatic carbocycles. The number of rotatable bonds is 9. The highest BCUT2D eigenvalue weighted by molar-refractivity contribution is 7.91. The summed E-state index contributed by atoms with van der Waals surface area (Å²) in [6.07, 6.45) is 3.89. The molecule has 5 rings (SSSR count). The van der Waals surface area contributed by atoms with Gasteiger partial charge in [-0.05, 0) is 86.8 Å². The zero-order valence-corrected chi connectivity index (χ0v) is 25.1. The predicted octanol–water partition coefficient (Wildman–Crippen LogP) is 3.05. The van der Waals surface area contributed by atoms with Crippen LogP contribution in [-0.4, -0.2) is 90.9 Å². The minimum atomic E-state index is -3.77. The molecular weight excluding hydrogens is 583 g/mol. The predicted molar refractivity (Wildman–Crippen MR) is 159 cm³/mol. The van der Waals surface area contributed by atoms with Gasteiger partial charge in [-0.1, -0.05) is 0 Å². The molecule has 1 unspecified atom stereocenters. The number of benzene rings is 2. The average Bonchev–Trinajstić information content (AvgIpc) is 3.40. The number of anilines is 4. The van der Waals surface area contributed by atoms with Crippen LogP contribution in [0.4, 0.5) is 27.5 Å². The van der Waals surface area contributed by atoms with Crippen molar-refractivity contribution in [2.45, 2.75) is 41.9 Å². The maximum atomic E-state index is 13.6. The van der Waals surface area contributed by atoms with E-state index < -0.39 is 30.7 Å². The van der Waals surface area contributed by atoms with Crippen molar-refractivity contribution in [3.8, 4) is 0 Å². The lowest BCUT2D eigenvalue weighted by Crippen LogP contribution is -2.51. The van der Waals surface area contributed by atoms with E-state index in [1.807, 2.05) is 4.90 Å². The molecule has 0 radical (unpaired) electrons. The van der Waals surface area contributed by atoms with E-state index in [0.717, 1.165) is 0 Å². The molecule has 14 heteroatoms. The molecule has 2 saturated heterocycles. The Morgan fingerprint density at radius 3 is 2.33 bits per heavy atom. The van der Waals surface area contributed by atoms with Gasteiger partial charge in [0, 0.05) is 50.0 Å². The summed E-state index contributed by atoms with van der Waals surface area (Å²) < 4.78 is 65.3. The molecule has 42 heavy (non-hydrogen) atoms. The van der Waals surface area contributed by atoms with E-state index in [-0.39, 0.29) is 36.6 Å². The summed E-state index contributed by atoms with van der Waals surface area (Å²) in [6.45, 7) is 3.34. The van der Waals surface area contributed by atoms with E-state index in [1.54, 1.807) is 43.5 Å². The number of nitrogens with one attached hydrogen (secondary N) is 2. The Balaban J connectivity index is 1.17. The molecule has 3 aromatic rings. The molecule has 1 aromatic heterocycles. The number of aliphatic hydroxyl groups is 1. The van der Waals surface area contributed by atoms with E-state index in [2.05, 4.69) is 20.6 Å². The standard InChI is InChI=1S/C28H35FN6O5S2/c1-20-17-22(5-8-25(20)29)31-26-9-13-30-27(33-26)32-21-3-6-23(7-4-21)42(39,40)35-15-11-28(36,12-16-35)19-34-14-10-24(18-34)41(2,37)38/h3-9,13,17,24,36H,10-12,14-16,18-19H2,1-2H3,(H2,30,31,32,33). The number of likely N-dealkylation sites (tertiary alicyclic amines) is 1. The summed E-state index contributed by atoms with van der Waals surface area (Å²) in [5, 5.41) is 16.9. The number of sulfone groups is 1. The fourth-order valence-corrected chi connectivity index (χ4v) is 7.81. The number of piperidine rings is 1. The molecule has 11 nitrogen and oxygen atoms in total. The van der Waals surface area contributed by atoms with Gasteiger partial charge < -0.3 is 15.7 Å². The Labute approximate surface area is 245 Å². The zero-order chi connectivity index (χ0) is 30.1. The van der Waals surface area contributed by atoms with Crippen LogP contribution in [0.15, 0.2) is 59.6 Å². The van der Waals surface area contributed by atoms with E-state index in [0.29, 0.717) is 54.8 Å². The minimum Gasteiger partial charge on any atom is -0.388 e. The molecular formula is C28H35FN6O5S2. The third kappa shape index (κ3) is 7.06. The van der Waals surface area contributed by atoms with Crippen LogP contribution >= 0.6 is 0 Å². The van der Waals surface area contributed by atoms with Gasteiger partial charge in [-0.15, -0.1) is 0 Å². The third-order valence-corrected chi connectivity index (χ3v) is 11.3. The lowest BCUT2D eigenvalue weighted by Gasteiger charge is -2.39. The molecule has 2 aliphatic heterocycles. The Morgan fingerprint density at radius 2 is 1.69 bits per heavy atom. The minimum absolute atomic E-state index is 0.136. The summed E-state index contributed by atoms with van der Waals surface area (Å²) in [4.78, 5) is 10.7. The Kier molecular flexibility index (Phi) is 8.54. The lowest BCUT2D eigenvalue weighted by atomic mass is 9.92. The van der Waals surface area contributed by atoms with Crippen molar-refractivity contribution >= 4 is 43.0 Å². The van der Waals surface area contributed by atoms with E-state index >= 15 is 0 Å². The van der Waals surface area contributed by atoms with Crippen molar-refractivity contribution in [2.75, 3.05) is 49.6 Å². The highest BCUT2D eigenvalue weighted by Crippen LogP contribution is 2.30. The summed E-state index contributed by atoms with van der Waals surface area (Å²) in [5.74, 6) is 0.509. The van der Waals surface area contributed by atoms with Crippen LogP contribution in [0, 0.1) is 12.7 Å². The number of β-amino-alcohol motifs (C(OH)–C–C–N with tert-alkyl or cyclic N) is 1. The molecule has 226 valence electrons. The summed E-state index contributed by atoms with van der Waals surface area (Å²) in [7, 11) is -6.90. The molecule has 0 bridgehead atoms. The van der Waals surface area contributed by atoms with Crippen LogP contribution in [0.3, 0.4) is 0 Å². The molecule has 0 saturated carbocycles. The Morgan fingerprint density at radius 1 is 1.00 bits per heavy atom. The number of aromatic nitrogens is 2. The molecule has 3 N–H and O–H groups in total. The van der Waals surface area contributed by atoms with Gasteiger partial charge in [-0.25, -0.2) is 26.2 Å². The Bertz CT molecular complexity index is 1650. The summed E-state index contributed by atoms with van der Waals surface area (Å²) in [6, 6.07) is 12.6. The zero-order valence-electron chi connectivity index (χ0n) is 23.5. The first-order chi connectivity index (χ1) is 19.8. The monoisotopic (exact) mass is 618 g/mol. The molecule has 0 amide bonds. The van der Waals surface area contributed by atoms with Gasteiger partial charge in [0.25, 0.3) is 0 Å².